The van der Waals surface area contributed by atoms with Gasteiger partial charge in [0.25, 0.3) is 0 Å². The average molecular weight is 276 g/mol. The Hall–Kier alpha value is -0.920. The first-order chi connectivity index (χ1) is 7.79. The number of likely N-dealkylation sites (N-methyl/N-ethyl adjacent to an activating group) is 1. The van der Waals surface area contributed by atoms with Crippen molar-refractivity contribution in [1.82, 2.24) is 9.62 Å². The van der Waals surface area contributed by atoms with E-state index in [9.17, 15) is 13.2 Å². The monoisotopic (exact) mass is 276 g/mol. The number of hydrogen-bond acceptors (Lipinski definition) is 4. The molecular formula is C10H16N2O3S2. The fourth-order valence-electron chi connectivity index (χ4n) is 1.44. The topological polar surface area (TPSA) is 66.5 Å². The Kier molecular flexibility index (Phi) is 4.67. The van der Waals surface area contributed by atoms with E-state index in [0.29, 0.717) is 6.54 Å². The van der Waals surface area contributed by atoms with Gasteiger partial charge in [-0.15, -0.1) is 0 Å². The van der Waals surface area contributed by atoms with Crippen molar-refractivity contribution in [2.24, 2.45) is 0 Å². The molecule has 0 bridgehead atoms. The van der Waals surface area contributed by atoms with E-state index >= 15 is 0 Å². The van der Waals surface area contributed by atoms with Gasteiger partial charge < -0.3 is 4.90 Å². The van der Waals surface area contributed by atoms with Crippen LogP contribution < -0.4 is 4.72 Å². The van der Waals surface area contributed by atoms with Crippen molar-refractivity contribution in [1.29, 1.82) is 0 Å². The summed E-state index contributed by atoms with van der Waals surface area (Å²) in [6.45, 7) is 2.02. The molecular weight excluding hydrogens is 260 g/mol. The Morgan fingerprint density at radius 3 is 2.71 bits per heavy atom. The molecule has 0 aromatic carbocycles. The number of carbonyl (C=O) groups excluding carboxylic acids is 1. The lowest BCUT2D eigenvalue weighted by Crippen LogP contribution is -2.44. The molecule has 0 saturated heterocycles. The number of sulfonamides is 1. The summed E-state index contributed by atoms with van der Waals surface area (Å²) < 4.78 is 24.3. The summed E-state index contributed by atoms with van der Waals surface area (Å²) in [6, 6.07) is 1.19. The molecule has 1 rings (SSSR count). The standard InChI is InChI=1S/C10H16N2O3S2/c1-8(11-17(3,14)15)10(13)12(2)6-9-4-5-16-7-9/h4-5,7-8,11H,6H2,1-3H3/t8-/m0/s1. The zero-order valence-electron chi connectivity index (χ0n) is 10.0. The Bertz CT molecular complexity index is 468. The van der Waals surface area contributed by atoms with Gasteiger partial charge in [0.1, 0.15) is 0 Å². The maximum atomic E-state index is 11.8. The van der Waals surface area contributed by atoms with Crippen molar-refractivity contribution in [3.8, 4) is 0 Å². The van der Waals surface area contributed by atoms with Crippen LogP contribution >= 0.6 is 11.3 Å². The van der Waals surface area contributed by atoms with Gasteiger partial charge in [-0.25, -0.2) is 13.1 Å². The maximum Gasteiger partial charge on any atom is 0.240 e. The van der Waals surface area contributed by atoms with E-state index in [1.54, 1.807) is 18.4 Å². The molecule has 0 saturated carbocycles. The van der Waals surface area contributed by atoms with E-state index in [4.69, 9.17) is 0 Å². The molecule has 1 amide bonds. The lowest BCUT2D eigenvalue weighted by atomic mass is 10.2. The van der Waals surface area contributed by atoms with E-state index < -0.39 is 16.1 Å². The van der Waals surface area contributed by atoms with E-state index in [2.05, 4.69) is 4.72 Å². The SMILES string of the molecule is C[C@H](NS(C)(=O)=O)C(=O)N(C)Cc1ccsc1. The molecule has 0 fully saturated rings. The van der Waals surface area contributed by atoms with E-state index in [1.165, 1.54) is 11.8 Å². The molecule has 0 aliphatic heterocycles. The molecule has 96 valence electrons. The third-order valence-electron chi connectivity index (χ3n) is 2.14. The van der Waals surface area contributed by atoms with Crippen molar-refractivity contribution in [3.63, 3.8) is 0 Å². The minimum atomic E-state index is -3.36. The van der Waals surface area contributed by atoms with Crippen LogP contribution in [0.5, 0.6) is 0 Å². The predicted molar refractivity (Wildman–Crippen MR) is 68.2 cm³/mol. The minimum absolute atomic E-state index is 0.248. The van der Waals surface area contributed by atoms with Crippen LogP contribution in [0.3, 0.4) is 0 Å². The highest BCUT2D eigenvalue weighted by Crippen LogP contribution is 2.09. The second kappa shape index (κ2) is 5.61. The van der Waals surface area contributed by atoms with Crippen LogP contribution in [0.15, 0.2) is 16.8 Å². The number of rotatable bonds is 5. The molecule has 0 aliphatic carbocycles. The van der Waals surface area contributed by atoms with Gasteiger partial charge in [0.05, 0.1) is 12.3 Å². The van der Waals surface area contributed by atoms with Crippen molar-refractivity contribution < 1.29 is 13.2 Å². The maximum absolute atomic E-state index is 11.8. The normalized spacial score (nSPS) is 13.4. The molecule has 1 heterocycles. The number of hydrogen-bond donors (Lipinski definition) is 1. The third-order valence-corrected chi connectivity index (χ3v) is 3.65. The zero-order valence-corrected chi connectivity index (χ0v) is 11.6. The molecule has 0 aliphatic rings. The number of amides is 1. The van der Waals surface area contributed by atoms with Gasteiger partial charge >= 0.3 is 0 Å². The van der Waals surface area contributed by atoms with Crippen LogP contribution in [-0.4, -0.2) is 38.6 Å². The molecule has 0 spiro atoms. The fraction of sp³-hybridized carbons (Fsp3) is 0.500. The fourth-order valence-corrected chi connectivity index (χ4v) is 2.84. The van der Waals surface area contributed by atoms with Crippen LogP contribution in [0.2, 0.25) is 0 Å². The summed E-state index contributed by atoms with van der Waals surface area (Å²) in [5.74, 6) is -0.248. The van der Waals surface area contributed by atoms with E-state index in [1.807, 2.05) is 16.8 Å². The van der Waals surface area contributed by atoms with Crippen molar-refractivity contribution >= 4 is 27.3 Å². The number of thiophene rings is 1. The number of carbonyl (C=O) groups is 1. The van der Waals surface area contributed by atoms with Gasteiger partial charge in [0.2, 0.25) is 15.9 Å². The first kappa shape index (κ1) is 14.1. The average Bonchev–Trinajstić information content (AvgIpc) is 2.66. The molecule has 0 radical (unpaired) electrons. The van der Waals surface area contributed by atoms with Crippen LogP contribution in [0.25, 0.3) is 0 Å². The lowest BCUT2D eigenvalue weighted by molar-refractivity contribution is -0.131. The third kappa shape index (κ3) is 4.84. The summed E-state index contributed by atoms with van der Waals surface area (Å²) >= 11 is 1.56. The number of nitrogens with one attached hydrogen (secondary N) is 1. The quantitative estimate of drug-likeness (QED) is 0.858. The Labute approximate surface area is 105 Å². The summed E-state index contributed by atoms with van der Waals surface area (Å²) in [5.41, 5.74) is 1.04. The number of nitrogens with zero attached hydrogens (tertiary/aromatic N) is 1. The van der Waals surface area contributed by atoms with Crippen LogP contribution in [0, 0.1) is 0 Å². The highest BCUT2D eigenvalue weighted by molar-refractivity contribution is 7.88. The molecule has 1 atom stereocenters. The van der Waals surface area contributed by atoms with Crippen LogP contribution in [-0.2, 0) is 21.4 Å². The Morgan fingerprint density at radius 1 is 1.59 bits per heavy atom. The molecule has 1 N–H and O–H groups in total. The Balaban J connectivity index is 2.57. The van der Waals surface area contributed by atoms with Crippen molar-refractivity contribution in [3.05, 3.63) is 22.4 Å². The van der Waals surface area contributed by atoms with Gasteiger partial charge in [0.15, 0.2) is 0 Å². The van der Waals surface area contributed by atoms with E-state index in [-0.39, 0.29) is 5.91 Å². The largest absolute Gasteiger partial charge is 0.340 e. The van der Waals surface area contributed by atoms with Crippen molar-refractivity contribution in [2.45, 2.75) is 19.5 Å². The highest BCUT2D eigenvalue weighted by Gasteiger charge is 2.20. The van der Waals surface area contributed by atoms with Crippen LogP contribution in [0.1, 0.15) is 12.5 Å². The summed E-state index contributed by atoms with van der Waals surface area (Å²) in [7, 11) is -1.71. The van der Waals surface area contributed by atoms with Gasteiger partial charge in [-0.3, -0.25) is 4.79 Å². The predicted octanol–water partition coefficient (Wildman–Crippen LogP) is 0.644. The molecule has 1 aromatic heterocycles. The van der Waals surface area contributed by atoms with E-state index in [0.717, 1.165) is 11.8 Å². The molecule has 1 aromatic rings. The van der Waals surface area contributed by atoms with Gasteiger partial charge in [-0.1, -0.05) is 0 Å². The smallest absolute Gasteiger partial charge is 0.240 e. The van der Waals surface area contributed by atoms with Gasteiger partial charge in [0, 0.05) is 13.6 Å². The highest BCUT2D eigenvalue weighted by atomic mass is 32.2. The first-order valence-electron chi connectivity index (χ1n) is 5.03. The molecule has 5 nitrogen and oxygen atoms in total. The van der Waals surface area contributed by atoms with Crippen molar-refractivity contribution in [2.75, 3.05) is 13.3 Å². The summed E-state index contributed by atoms with van der Waals surface area (Å²) in [5, 5.41) is 3.89. The lowest BCUT2D eigenvalue weighted by Gasteiger charge is -2.21. The molecule has 17 heavy (non-hydrogen) atoms. The zero-order chi connectivity index (χ0) is 13.1. The molecule has 0 unspecified atom stereocenters. The van der Waals surface area contributed by atoms with Crippen LogP contribution in [0.4, 0.5) is 0 Å². The summed E-state index contributed by atoms with van der Waals surface area (Å²) in [4.78, 5) is 13.4. The minimum Gasteiger partial charge on any atom is -0.340 e. The second-order valence-corrected chi connectivity index (χ2v) is 6.50. The molecule has 7 heteroatoms. The Morgan fingerprint density at radius 2 is 2.24 bits per heavy atom. The summed E-state index contributed by atoms with van der Waals surface area (Å²) in [6.07, 6.45) is 1.04. The second-order valence-electron chi connectivity index (χ2n) is 3.94. The van der Waals surface area contributed by atoms with Gasteiger partial charge in [-0.2, -0.15) is 11.3 Å². The van der Waals surface area contributed by atoms with Gasteiger partial charge in [-0.05, 0) is 29.3 Å². The first-order valence-corrected chi connectivity index (χ1v) is 7.86.